The summed E-state index contributed by atoms with van der Waals surface area (Å²) in [5.41, 5.74) is 7.36. The van der Waals surface area contributed by atoms with Gasteiger partial charge in [0.15, 0.2) is 11.5 Å². The first-order valence-corrected chi connectivity index (χ1v) is 9.36. The number of aromatic amines is 1. The SMILES string of the molecule is COc1ccc(-c2[nH]nc3c2C2(C(=O)Nc4ccccc42)C(C#N)=C(N)O3)cc1OC. The third-order valence-electron chi connectivity index (χ3n) is 5.64. The smallest absolute Gasteiger partial charge is 0.245 e. The number of nitrogens with two attached hydrogens (primary N) is 1. The van der Waals surface area contributed by atoms with Gasteiger partial charge in [0, 0.05) is 16.8 Å². The number of hydrogen-bond donors (Lipinski definition) is 3. The Bertz CT molecular complexity index is 1320. The van der Waals surface area contributed by atoms with Crippen LogP contribution in [0.15, 0.2) is 53.9 Å². The minimum absolute atomic E-state index is 0.00516. The number of ether oxygens (including phenoxy) is 3. The van der Waals surface area contributed by atoms with E-state index in [9.17, 15) is 10.1 Å². The lowest BCUT2D eigenvalue weighted by Gasteiger charge is -2.31. The van der Waals surface area contributed by atoms with Gasteiger partial charge in [-0.2, -0.15) is 5.26 Å². The minimum atomic E-state index is -1.50. The third kappa shape index (κ3) is 2.30. The molecule has 0 fully saturated rings. The summed E-state index contributed by atoms with van der Waals surface area (Å²) in [4.78, 5) is 13.5. The monoisotopic (exact) mass is 415 g/mol. The van der Waals surface area contributed by atoms with Crippen LogP contribution < -0.4 is 25.3 Å². The molecule has 3 aromatic rings. The average Bonchev–Trinajstić information content (AvgIpc) is 3.33. The highest BCUT2D eigenvalue weighted by atomic mass is 16.5. The van der Waals surface area contributed by atoms with E-state index in [1.54, 1.807) is 43.5 Å². The average molecular weight is 415 g/mol. The number of nitrogens with zero attached hydrogens (tertiary/aromatic N) is 2. The predicted octanol–water partition coefficient (Wildman–Crippen LogP) is 2.42. The second-order valence-electron chi connectivity index (χ2n) is 7.05. The van der Waals surface area contributed by atoms with E-state index in [-0.39, 0.29) is 17.3 Å². The highest BCUT2D eigenvalue weighted by molar-refractivity contribution is 6.13. The molecule has 5 rings (SSSR count). The van der Waals surface area contributed by atoms with E-state index in [0.717, 1.165) is 0 Å². The molecule has 1 spiro atoms. The molecular formula is C22H17N5O4. The zero-order valence-electron chi connectivity index (χ0n) is 16.6. The number of nitriles is 1. The summed E-state index contributed by atoms with van der Waals surface area (Å²) in [7, 11) is 3.08. The second-order valence-corrected chi connectivity index (χ2v) is 7.05. The molecule has 0 bridgehead atoms. The first-order chi connectivity index (χ1) is 15.1. The Morgan fingerprint density at radius 2 is 1.94 bits per heavy atom. The fourth-order valence-electron chi connectivity index (χ4n) is 4.31. The summed E-state index contributed by atoms with van der Waals surface area (Å²) in [6, 6.07) is 14.6. The van der Waals surface area contributed by atoms with E-state index in [4.69, 9.17) is 19.9 Å². The van der Waals surface area contributed by atoms with Crippen LogP contribution in [0.2, 0.25) is 0 Å². The number of carbonyl (C=O) groups excluding carboxylic acids is 1. The molecule has 2 aliphatic rings. The van der Waals surface area contributed by atoms with Crippen LogP contribution in [0, 0.1) is 11.3 Å². The topological polar surface area (TPSA) is 135 Å². The fourth-order valence-corrected chi connectivity index (χ4v) is 4.31. The molecule has 9 heteroatoms. The van der Waals surface area contributed by atoms with Gasteiger partial charge >= 0.3 is 0 Å². The van der Waals surface area contributed by atoms with Gasteiger partial charge in [-0.25, -0.2) is 0 Å². The number of H-pyrrole nitrogens is 1. The van der Waals surface area contributed by atoms with Gasteiger partial charge in [-0.1, -0.05) is 18.2 Å². The Balaban J connectivity index is 1.84. The van der Waals surface area contributed by atoms with E-state index in [2.05, 4.69) is 21.6 Å². The second kappa shape index (κ2) is 6.53. The third-order valence-corrected chi connectivity index (χ3v) is 5.64. The van der Waals surface area contributed by atoms with Gasteiger partial charge in [-0.05, 0) is 24.3 Å². The van der Waals surface area contributed by atoms with Crippen LogP contribution in [0.4, 0.5) is 5.69 Å². The highest BCUT2D eigenvalue weighted by Crippen LogP contribution is 2.55. The lowest BCUT2D eigenvalue weighted by Crippen LogP contribution is -2.42. The normalized spacial score (nSPS) is 18.7. The van der Waals surface area contributed by atoms with Crippen molar-refractivity contribution >= 4 is 11.6 Å². The van der Waals surface area contributed by atoms with Crippen molar-refractivity contribution in [3.63, 3.8) is 0 Å². The van der Waals surface area contributed by atoms with Crippen molar-refractivity contribution in [2.24, 2.45) is 5.73 Å². The van der Waals surface area contributed by atoms with E-state index in [0.29, 0.717) is 39.6 Å². The van der Waals surface area contributed by atoms with Crippen molar-refractivity contribution in [2.45, 2.75) is 5.41 Å². The molecule has 1 unspecified atom stereocenters. The number of anilines is 1. The zero-order chi connectivity index (χ0) is 21.8. The molecule has 3 heterocycles. The number of fused-ring (bicyclic) bond motifs is 4. The Kier molecular flexibility index (Phi) is 3.91. The van der Waals surface area contributed by atoms with Crippen molar-refractivity contribution in [1.29, 1.82) is 5.26 Å². The van der Waals surface area contributed by atoms with Gasteiger partial charge in [-0.15, -0.1) is 5.10 Å². The zero-order valence-corrected chi connectivity index (χ0v) is 16.6. The molecule has 154 valence electrons. The standard InChI is InChI=1S/C22H17N5O4/c1-29-15-8-7-11(9-16(15)30-2)18-17-20(27-26-18)31-19(24)13(10-23)22(17)12-5-3-4-6-14(12)25-21(22)28/h3-9H,24H2,1-2H3,(H,25,28)(H,26,27). The summed E-state index contributed by atoms with van der Waals surface area (Å²) in [6.07, 6.45) is 0. The number of amides is 1. The molecule has 31 heavy (non-hydrogen) atoms. The summed E-state index contributed by atoms with van der Waals surface area (Å²) >= 11 is 0. The van der Waals surface area contributed by atoms with Gasteiger partial charge in [0.05, 0.1) is 25.5 Å². The number of rotatable bonds is 3. The molecule has 1 amide bonds. The van der Waals surface area contributed by atoms with Gasteiger partial charge in [0.1, 0.15) is 17.1 Å². The Morgan fingerprint density at radius 1 is 1.16 bits per heavy atom. The predicted molar refractivity (Wildman–Crippen MR) is 110 cm³/mol. The summed E-state index contributed by atoms with van der Waals surface area (Å²) in [5, 5.41) is 20.1. The molecule has 4 N–H and O–H groups in total. The lowest BCUT2D eigenvalue weighted by atomic mass is 9.68. The molecular weight excluding hydrogens is 398 g/mol. The number of para-hydroxylation sites is 1. The number of methoxy groups -OCH3 is 2. The molecule has 2 aromatic carbocycles. The molecule has 0 aliphatic carbocycles. The van der Waals surface area contributed by atoms with Crippen LogP contribution in [0.3, 0.4) is 0 Å². The maximum atomic E-state index is 13.5. The van der Waals surface area contributed by atoms with Crippen molar-refractivity contribution in [1.82, 2.24) is 10.2 Å². The number of nitrogens with one attached hydrogen (secondary N) is 2. The highest BCUT2D eigenvalue weighted by Gasteiger charge is 2.58. The summed E-state index contributed by atoms with van der Waals surface area (Å²) in [6.45, 7) is 0. The van der Waals surface area contributed by atoms with Crippen LogP contribution in [-0.2, 0) is 10.2 Å². The quantitative estimate of drug-likeness (QED) is 0.598. The fraction of sp³-hybridized carbons (Fsp3) is 0.136. The van der Waals surface area contributed by atoms with Crippen molar-refractivity contribution < 1.29 is 19.0 Å². The van der Waals surface area contributed by atoms with Crippen LogP contribution in [-0.4, -0.2) is 30.3 Å². The van der Waals surface area contributed by atoms with Gasteiger partial charge in [0.25, 0.3) is 0 Å². The van der Waals surface area contributed by atoms with E-state index < -0.39 is 11.3 Å². The van der Waals surface area contributed by atoms with Crippen molar-refractivity contribution in [2.75, 3.05) is 19.5 Å². The largest absolute Gasteiger partial charge is 0.493 e. The molecule has 1 atom stereocenters. The molecule has 1 aromatic heterocycles. The van der Waals surface area contributed by atoms with Crippen LogP contribution >= 0.6 is 0 Å². The number of carbonyl (C=O) groups is 1. The van der Waals surface area contributed by atoms with Crippen LogP contribution in [0.25, 0.3) is 11.3 Å². The van der Waals surface area contributed by atoms with Gasteiger partial charge in [-0.3, -0.25) is 9.89 Å². The van der Waals surface area contributed by atoms with E-state index >= 15 is 0 Å². The molecule has 0 saturated carbocycles. The van der Waals surface area contributed by atoms with Gasteiger partial charge in [0.2, 0.25) is 17.7 Å². The Hall–Kier alpha value is -4.45. The molecule has 9 nitrogen and oxygen atoms in total. The Labute approximate surface area is 177 Å². The van der Waals surface area contributed by atoms with Crippen LogP contribution in [0.1, 0.15) is 11.1 Å². The van der Waals surface area contributed by atoms with Crippen LogP contribution in [0.5, 0.6) is 17.4 Å². The number of aromatic nitrogens is 2. The maximum Gasteiger partial charge on any atom is 0.245 e. The maximum absolute atomic E-state index is 13.5. The van der Waals surface area contributed by atoms with Crippen molar-refractivity contribution in [3.05, 3.63) is 65.0 Å². The molecule has 2 aliphatic heterocycles. The number of hydrogen-bond acceptors (Lipinski definition) is 7. The van der Waals surface area contributed by atoms with E-state index in [1.807, 2.05) is 6.07 Å². The Morgan fingerprint density at radius 3 is 2.68 bits per heavy atom. The first kappa shape index (κ1) is 18.6. The number of benzene rings is 2. The van der Waals surface area contributed by atoms with Crippen molar-refractivity contribution in [3.8, 4) is 34.7 Å². The molecule has 0 radical (unpaired) electrons. The summed E-state index contributed by atoms with van der Waals surface area (Å²) in [5.74, 6) is 0.624. The van der Waals surface area contributed by atoms with Gasteiger partial charge < -0.3 is 25.3 Å². The minimum Gasteiger partial charge on any atom is -0.493 e. The van der Waals surface area contributed by atoms with E-state index in [1.165, 1.54) is 7.11 Å². The lowest BCUT2D eigenvalue weighted by molar-refractivity contribution is -0.118. The first-order valence-electron chi connectivity index (χ1n) is 9.36. The summed E-state index contributed by atoms with van der Waals surface area (Å²) < 4.78 is 16.4. The molecule has 0 saturated heterocycles.